The number of carbonyl (C=O) groups is 2. The molecule has 0 saturated carbocycles. The Balaban J connectivity index is 1.73. The van der Waals surface area contributed by atoms with E-state index >= 15 is 0 Å². The first kappa shape index (κ1) is 19.8. The number of nitrogens with one attached hydrogen (secondary N) is 2. The zero-order chi connectivity index (χ0) is 20.1. The van der Waals surface area contributed by atoms with Crippen molar-refractivity contribution < 1.29 is 9.59 Å². The van der Waals surface area contributed by atoms with Crippen molar-refractivity contribution in [2.75, 3.05) is 10.6 Å². The van der Waals surface area contributed by atoms with Crippen molar-refractivity contribution in [2.45, 2.75) is 19.4 Å². The SMILES string of the molecule is CC[C@H](C(=O)Nc1cccnc1Cl)n1ccc(C(=O)Nc2cccnc2Cl)n1. The molecule has 3 aromatic heterocycles. The number of amides is 2. The maximum atomic E-state index is 12.6. The highest BCUT2D eigenvalue weighted by atomic mass is 35.5. The quantitative estimate of drug-likeness (QED) is 0.592. The van der Waals surface area contributed by atoms with Crippen molar-refractivity contribution >= 4 is 46.4 Å². The molecule has 0 fully saturated rings. The minimum absolute atomic E-state index is 0.144. The summed E-state index contributed by atoms with van der Waals surface area (Å²) in [5.41, 5.74) is 0.925. The molecule has 3 rings (SSSR count). The van der Waals surface area contributed by atoms with Crippen LogP contribution in [0.25, 0.3) is 0 Å². The van der Waals surface area contributed by atoms with E-state index in [1.807, 2.05) is 6.92 Å². The van der Waals surface area contributed by atoms with Gasteiger partial charge >= 0.3 is 0 Å². The van der Waals surface area contributed by atoms with Crippen LogP contribution in [0.5, 0.6) is 0 Å². The fourth-order valence-corrected chi connectivity index (χ4v) is 2.82. The van der Waals surface area contributed by atoms with Crippen LogP contribution in [0.1, 0.15) is 29.9 Å². The third-order valence-electron chi connectivity index (χ3n) is 3.87. The number of halogens is 2. The summed E-state index contributed by atoms with van der Waals surface area (Å²) in [6.07, 6.45) is 5.08. The van der Waals surface area contributed by atoms with Crippen LogP contribution in [0.15, 0.2) is 48.9 Å². The summed E-state index contributed by atoms with van der Waals surface area (Å²) in [5.74, 6) is -0.776. The van der Waals surface area contributed by atoms with Gasteiger partial charge in [0, 0.05) is 18.6 Å². The van der Waals surface area contributed by atoms with E-state index in [0.29, 0.717) is 17.8 Å². The molecule has 0 aliphatic rings. The lowest BCUT2D eigenvalue weighted by Crippen LogP contribution is -2.26. The second-order valence-electron chi connectivity index (χ2n) is 5.73. The van der Waals surface area contributed by atoms with Crippen LogP contribution in [-0.2, 0) is 4.79 Å². The van der Waals surface area contributed by atoms with Crippen LogP contribution < -0.4 is 10.6 Å². The maximum Gasteiger partial charge on any atom is 0.276 e. The molecular weight excluding hydrogens is 403 g/mol. The number of hydrogen-bond donors (Lipinski definition) is 2. The van der Waals surface area contributed by atoms with Crippen molar-refractivity contribution in [2.24, 2.45) is 0 Å². The average molecular weight is 419 g/mol. The van der Waals surface area contributed by atoms with Gasteiger partial charge in [-0.25, -0.2) is 9.97 Å². The molecule has 0 unspecified atom stereocenters. The second-order valence-corrected chi connectivity index (χ2v) is 6.45. The lowest BCUT2D eigenvalue weighted by atomic mass is 10.2. The summed E-state index contributed by atoms with van der Waals surface area (Å²) >= 11 is 11.9. The summed E-state index contributed by atoms with van der Waals surface area (Å²) in [5, 5.41) is 9.96. The van der Waals surface area contributed by atoms with Crippen LogP contribution in [0, 0.1) is 0 Å². The first-order chi connectivity index (χ1) is 13.5. The lowest BCUT2D eigenvalue weighted by Gasteiger charge is -2.16. The predicted molar refractivity (Wildman–Crippen MR) is 107 cm³/mol. The molecule has 3 aromatic rings. The van der Waals surface area contributed by atoms with Crippen LogP contribution in [-0.4, -0.2) is 31.6 Å². The van der Waals surface area contributed by atoms with Crippen LogP contribution in [0.3, 0.4) is 0 Å². The number of aromatic nitrogens is 4. The van der Waals surface area contributed by atoms with E-state index in [4.69, 9.17) is 23.2 Å². The topological polar surface area (TPSA) is 102 Å². The fraction of sp³-hybridized carbons (Fsp3) is 0.167. The Hall–Kier alpha value is -2.97. The molecule has 0 spiro atoms. The molecule has 144 valence electrons. The van der Waals surface area contributed by atoms with E-state index < -0.39 is 11.9 Å². The van der Waals surface area contributed by atoms with Gasteiger partial charge < -0.3 is 10.6 Å². The third kappa shape index (κ3) is 4.47. The van der Waals surface area contributed by atoms with Gasteiger partial charge in [0.1, 0.15) is 6.04 Å². The van der Waals surface area contributed by atoms with E-state index in [0.717, 1.165) is 0 Å². The smallest absolute Gasteiger partial charge is 0.276 e. The molecule has 10 heteroatoms. The van der Waals surface area contributed by atoms with Gasteiger partial charge in [0.05, 0.1) is 11.4 Å². The number of carbonyl (C=O) groups excluding carboxylic acids is 2. The largest absolute Gasteiger partial charge is 0.322 e. The number of nitrogens with zero attached hydrogens (tertiary/aromatic N) is 4. The Bertz CT molecular complexity index is 1010. The molecule has 8 nitrogen and oxygen atoms in total. The maximum absolute atomic E-state index is 12.6. The zero-order valence-corrected chi connectivity index (χ0v) is 16.3. The highest BCUT2D eigenvalue weighted by Gasteiger charge is 2.22. The standard InChI is InChI=1S/C18H16Cl2N6O2/c1-2-14(18(28)24-12-6-4-9-22-16(12)20)26-10-7-13(25-26)17(27)23-11-5-3-8-21-15(11)19/h3-10,14H,2H2,1H3,(H,23,27)(H,24,28)/t14-/m1/s1. The Labute approximate surface area is 170 Å². The van der Waals surface area contributed by atoms with Crippen LogP contribution >= 0.6 is 23.2 Å². The molecule has 2 amide bonds. The van der Waals surface area contributed by atoms with Crippen molar-refractivity contribution in [1.29, 1.82) is 0 Å². The van der Waals surface area contributed by atoms with Gasteiger partial charge in [-0.15, -0.1) is 0 Å². The molecule has 0 aliphatic heterocycles. The van der Waals surface area contributed by atoms with E-state index in [-0.39, 0.29) is 21.9 Å². The van der Waals surface area contributed by atoms with Crippen molar-refractivity contribution in [3.63, 3.8) is 0 Å². The molecular formula is C18H16Cl2N6O2. The summed E-state index contributed by atoms with van der Waals surface area (Å²) in [7, 11) is 0. The molecule has 2 N–H and O–H groups in total. The summed E-state index contributed by atoms with van der Waals surface area (Å²) in [6, 6.07) is 7.50. The van der Waals surface area contributed by atoms with Gasteiger partial charge in [0.15, 0.2) is 16.0 Å². The summed E-state index contributed by atoms with van der Waals surface area (Å²) in [6.45, 7) is 1.84. The second kappa shape index (κ2) is 8.81. The van der Waals surface area contributed by atoms with Crippen LogP contribution in [0.2, 0.25) is 10.3 Å². The highest BCUT2D eigenvalue weighted by Crippen LogP contribution is 2.21. The monoisotopic (exact) mass is 418 g/mol. The summed E-state index contributed by atoms with van der Waals surface area (Å²) < 4.78 is 1.43. The average Bonchev–Trinajstić information content (AvgIpc) is 3.16. The first-order valence-corrected chi connectivity index (χ1v) is 9.13. The molecule has 1 atom stereocenters. The first-order valence-electron chi connectivity index (χ1n) is 8.38. The molecule has 0 bridgehead atoms. The molecule has 28 heavy (non-hydrogen) atoms. The van der Waals surface area contributed by atoms with Crippen LogP contribution in [0.4, 0.5) is 11.4 Å². The Morgan fingerprint density at radius 2 is 1.64 bits per heavy atom. The van der Waals surface area contributed by atoms with E-state index in [9.17, 15) is 9.59 Å². The van der Waals surface area contributed by atoms with Crippen molar-refractivity contribution in [1.82, 2.24) is 19.7 Å². The highest BCUT2D eigenvalue weighted by molar-refractivity contribution is 6.33. The van der Waals surface area contributed by atoms with Gasteiger partial charge in [-0.05, 0) is 36.8 Å². The van der Waals surface area contributed by atoms with E-state index in [1.54, 1.807) is 30.5 Å². The van der Waals surface area contributed by atoms with Gasteiger partial charge in [0.2, 0.25) is 5.91 Å². The molecule has 3 heterocycles. The molecule has 0 radical (unpaired) electrons. The van der Waals surface area contributed by atoms with Crippen molar-refractivity contribution in [3.05, 3.63) is 64.9 Å². The molecule has 0 aromatic carbocycles. The fourth-order valence-electron chi connectivity index (χ4n) is 2.49. The number of anilines is 2. The zero-order valence-electron chi connectivity index (χ0n) is 14.8. The predicted octanol–water partition coefficient (Wildman–Crippen LogP) is 3.82. The Kier molecular flexibility index (Phi) is 6.23. The normalized spacial score (nSPS) is 11.7. The Morgan fingerprint density at radius 1 is 1.04 bits per heavy atom. The van der Waals surface area contributed by atoms with E-state index in [2.05, 4.69) is 25.7 Å². The third-order valence-corrected chi connectivity index (χ3v) is 4.48. The lowest BCUT2D eigenvalue weighted by molar-refractivity contribution is -0.119. The minimum Gasteiger partial charge on any atom is -0.322 e. The number of rotatable bonds is 6. The Morgan fingerprint density at radius 3 is 2.21 bits per heavy atom. The van der Waals surface area contributed by atoms with E-state index in [1.165, 1.54) is 23.1 Å². The van der Waals surface area contributed by atoms with Gasteiger partial charge in [-0.3, -0.25) is 14.3 Å². The van der Waals surface area contributed by atoms with Gasteiger partial charge in [-0.2, -0.15) is 5.10 Å². The number of pyridine rings is 2. The molecule has 0 saturated heterocycles. The van der Waals surface area contributed by atoms with Crippen molar-refractivity contribution in [3.8, 4) is 0 Å². The molecule has 0 aliphatic carbocycles. The number of hydrogen-bond acceptors (Lipinski definition) is 5. The summed E-state index contributed by atoms with van der Waals surface area (Å²) in [4.78, 5) is 32.8. The minimum atomic E-state index is -0.625. The van der Waals surface area contributed by atoms with Gasteiger partial charge in [-0.1, -0.05) is 30.1 Å². The van der Waals surface area contributed by atoms with Gasteiger partial charge in [0.25, 0.3) is 5.91 Å².